The van der Waals surface area contributed by atoms with E-state index < -0.39 is 0 Å². The molecule has 5 heteroatoms. The second-order valence-corrected chi connectivity index (χ2v) is 5.02. The average Bonchev–Trinajstić information content (AvgIpc) is 2.45. The number of ether oxygens (including phenoxy) is 2. The van der Waals surface area contributed by atoms with Crippen LogP contribution in [0.4, 0.5) is 10.1 Å². The van der Waals surface area contributed by atoms with Crippen molar-refractivity contribution in [3.05, 3.63) is 29.6 Å². The van der Waals surface area contributed by atoms with Crippen LogP contribution >= 0.6 is 0 Å². The van der Waals surface area contributed by atoms with Gasteiger partial charge in [-0.15, -0.1) is 0 Å². The molecule has 1 aliphatic heterocycles. The number of morpholine rings is 1. The molecule has 0 spiro atoms. The van der Waals surface area contributed by atoms with Gasteiger partial charge in [0.15, 0.2) is 0 Å². The molecule has 1 saturated heterocycles. The van der Waals surface area contributed by atoms with Crippen LogP contribution in [0.3, 0.4) is 0 Å². The molecule has 1 fully saturated rings. The minimum atomic E-state index is -0.161. The van der Waals surface area contributed by atoms with Crippen LogP contribution in [0.25, 0.3) is 0 Å². The van der Waals surface area contributed by atoms with Crippen LogP contribution in [-0.4, -0.2) is 46.1 Å². The molecule has 20 heavy (non-hydrogen) atoms. The van der Waals surface area contributed by atoms with E-state index in [4.69, 9.17) is 9.47 Å². The molecule has 0 aromatic heterocycles. The topological polar surface area (TPSA) is 33.7 Å². The average molecular weight is 282 g/mol. The van der Waals surface area contributed by atoms with Crippen molar-refractivity contribution in [2.75, 3.05) is 44.9 Å². The van der Waals surface area contributed by atoms with Crippen molar-refractivity contribution >= 4 is 5.69 Å². The Labute approximate surface area is 119 Å². The molecule has 0 aliphatic carbocycles. The first-order chi connectivity index (χ1) is 9.74. The van der Waals surface area contributed by atoms with Gasteiger partial charge in [0.05, 0.1) is 19.8 Å². The Morgan fingerprint density at radius 2 is 2.35 bits per heavy atom. The van der Waals surface area contributed by atoms with Crippen LogP contribution in [0.1, 0.15) is 12.5 Å². The number of halogens is 1. The highest BCUT2D eigenvalue weighted by Crippen LogP contribution is 2.26. The second-order valence-electron chi connectivity index (χ2n) is 5.02. The number of rotatable bonds is 6. The van der Waals surface area contributed by atoms with Crippen LogP contribution in [0.5, 0.6) is 0 Å². The summed E-state index contributed by atoms with van der Waals surface area (Å²) in [5.41, 5.74) is 1.68. The van der Waals surface area contributed by atoms with E-state index in [1.165, 1.54) is 6.07 Å². The van der Waals surface area contributed by atoms with Crippen LogP contribution in [0.2, 0.25) is 0 Å². The second kappa shape index (κ2) is 7.57. The predicted molar refractivity (Wildman–Crippen MR) is 77.6 cm³/mol. The van der Waals surface area contributed by atoms with Crippen LogP contribution in [-0.2, 0) is 16.0 Å². The fourth-order valence-electron chi connectivity index (χ4n) is 2.46. The van der Waals surface area contributed by atoms with E-state index in [1.54, 1.807) is 13.2 Å². The molecule has 1 aliphatic rings. The number of hydrogen-bond acceptors (Lipinski definition) is 4. The largest absolute Gasteiger partial charge is 0.383 e. The molecule has 0 radical (unpaired) electrons. The zero-order valence-corrected chi connectivity index (χ0v) is 12.2. The Morgan fingerprint density at radius 1 is 1.50 bits per heavy atom. The van der Waals surface area contributed by atoms with Gasteiger partial charge in [0.25, 0.3) is 0 Å². The van der Waals surface area contributed by atoms with E-state index in [0.717, 1.165) is 17.8 Å². The van der Waals surface area contributed by atoms with E-state index in [-0.39, 0.29) is 11.9 Å². The van der Waals surface area contributed by atoms with Gasteiger partial charge in [0.1, 0.15) is 5.82 Å². The van der Waals surface area contributed by atoms with Gasteiger partial charge in [-0.3, -0.25) is 0 Å². The number of anilines is 1. The smallest absolute Gasteiger partial charge is 0.129 e. The predicted octanol–water partition coefficient (Wildman–Crippen LogP) is 1.79. The Bertz CT molecular complexity index is 428. The number of nitrogens with one attached hydrogen (secondary N) is 1. The number of nitrogens with zero attached hydrogens (tertiary/aromatic N) is 1. The monoisotopic (exact) mass is 282 g/mol. The van der Waals surface area contributed by atoms with E-state index in [2.05, 4.69) is 17.1 Å². The maximum absolute atomic E-state index is 14.1. The number of benzene rings is 1. The molecule has 1 N–H and O–H groups in total. The highest BCUT2D eigenvalue weighted by Gasteiger charge is 2.22. The summed E-state index contributed by atoms with van der Waals surface area (Å²) in [6, 6.07) is 5.54. The minimum Gasteiger partial charge on any atom is -0.383 e. The maximum Gasteiger partial charge on any atom is 0.129 e. The number of hydrogen-bond donors (Lipinski definition) is 1. The summed E-state index contributed by atoms with van der Waals surface area (Å²) in [5.74, 6) is -0.161. The molecule has 0 saturated carbocycles. The van der Waals surface area contributed by atoms with Crippen LogP contribution in [0.15, 0.2) is 18.2 Å². The Morgan fingerprint density at radius 3 is 3.10 bits per heavy atom. The lowest BCUT2D eigenvalue weighted by molar-refractivity contribution is 0.0988. The summed E-state index contributed by atoms with van der Waals surface area (Å²) in [6.45, 7) is 6.13. The maximum atomic E-state index is 14.1. The summed E-state index contributed by atoms with van der Waals surface area (Å²) < 4.78 is 24.6. The molecule has 1 aromatic carbocycles. The quantitative estimate of drug-likeness (QED) is 0.807. The number of methoxy groups -OCH3 is 1. The summed E-state index contributed by atoms with van der Waals surface area (Å²) in [5, 5.41) is 3.21. The van der Waals surface area contributed by atoms with Gasteiger partial charge < -0.3 is 19.7 Å². The molecular weight excluding hydrogens is 259 g/mol. The van der Waals surface area contributed by atoms with Crippen molar-refractivity contribution in [2.24, 2.45) is 0 Å². The molecule has 1 atom stereocenters. The van der Waals surface area contributed by atoms with Gasteiger partial charge in [-0.1, -0.05) is 6.07 Å². The third-order valence-corrected chi connectivity index (χ3v) is 3.56. The molecular formula is C15H23FN2O2. The van der Waals surface area contributed by atoms with Crippen LogP contribution in [0, 0.1) is 5.82 Å². The molecule has 4 nitrogen and oxygen atoms in total. The van der Waals surface area contributed by atoms with Crippen molar-refractivity contribution in [3.63, 3.8) is 0 Å². The first-order valence-electron chi connectivity index (χ1n) is 7.05. The van der Waals surface area contributed by atoms with Gasteiger partial charge in [0, 0.05) is 44.0 Å². The fourth-order valence-corrected chi connectivity index (χ4v) is 2.46. The van der Waals surface area contributed by atoms with Crippen molar-refractivity contribution in [1.82, 2.24) is 5.32 Å². The van der Waals surface area contributed by atoms with Crippen molar-refractivity contribution < 1.29 is 13.9 Å². The Kier molecular flexibility index (Phi) is 5.76. The van der Waals surface area contributed by atoms with Gasteiger partial charge in [0.2, 0.25) is 0 Å². The molecule has 0 bridgehead atoms. The summed E-state index contributed by atoms with van der Waals surface area (Å²) in [6.07, 6.45) is 0. The SMILES string of the molecule is COCCNCc1c(F)cccc1N1CCOCC1C. The molecule has 1 heterocycles. The van der Waals surface area contributed by atoms with E-state index >= 15 is 0 Å². The third-order valence-electron chi connectivity index (χ3n) is 3.56. The minimum absolute atomic E-state index is 0.161. The van der Waals surface area contributed by atoms with E-state index in [0.29, 0.717) is 32.9 Å². The fraction of sp³-hybridized carbons (Fsp3) is 0.600. The lowest BCUT2D eigenvalue weighted by Gasteiger charge is -2.36. The van der Waals surface area contributed by atoms with Gasteiger partial charge in [-0.2, -0.15) is 0 Å². The van der Waals surface area contributed by atoms with E-state index in [1.807, 2.05) is 6.07 Å². The van der Waals surface area contributed by atoms with Gasteiger partial charge in [-0.25, -0.2) is 4.39 Å². The van der Waals surface area contributed by atoms with Crippen molar-refractivity contribution in [2.45, 2.75) is 19.5 Å². The zero-order valence-electron chi connectivity index (χ0n) is 12.2. The highest BCUT2D eigenvalue weighted by molar-refractivity contribution is 5.55. The Balaban J connectivity index is 2.12. The molecule has 1 aromatic rings. The summed E-state index contributed by atoms with van der Waals surface area (Å²) >= 11 is 0. The molecule has 112 valence electrons. The normalized spacial score (nSPS) is 19.4. The zero-order chi connectivity index (χ0) is 14.4. The molecule has 1 unspecified atom stereocenters. The van der Waals surface area contributed by atoms with Crippen molar-refractivity contribution in [1.29, 1.82) is 0 Å². The molecule has 0 amide bonds. The van der Waals surface area contributed by atoms with Crippen molar-refractivity contribution in [3.8, 4) is 0 Å². The summed E-state index contributed by atoms with van der Waals surface area (Å²) in [7, 11) is 1.66. The lowest BCUT2D eigenvalue weighted by Crippen LogP contribution is -2.44. The van der Waals surface area contributed by atoms with Gasteiger partial charge in [-0.05, 0) is 19.1 Å². The lowest BCUT2D eigenvalue weighted by atomic mass is 10.1. The molecule has 2 rings (SSSR count). The van der Waals surface area contributed by atoms with Crippen LogP contribution < -0.4 is 10.2 Å². The van der Waals surface area contributed by atoms with Gasteiger partial charge >= 0.3 is 0 Å². The Hall–Kier alpha value is -1.17. The third kappa shape index (κ3) is 3.69. The first kappa shape index (κ1) is 15.2. The summed E-state index contributed by atoms with van der Waals surface area (Å²) in [4.78, 5) is 2.22. The first-order valence-corrected chi connectivity index (χ1v) is 7.05. The highest BCUT2D eigenvalue weighted by atomic mass is 19.1. The van der Waals surface area contributed by atoms with E-state index in [9.17, 15) is 4.39 Å². The standard InChI is InChI=1S/C15H23FN2O2/c1-12-11-20-9-7-18(12)15-5-3-4-14(16)13(15)10-17-6-8-19-2/h3-5,12,17H,6-11H2,1-2H3.